The van der Waals surface area contributed by atoms with Crippen LogP contribution in [0.1, 0.15) is 53.0 Å². The number of hydrogen-bond donors (Lipinski definition) is 1. The van der Waals surface area contributed by atoms with Crippen molar-refractivity contribution in [2.75, 3.05) is 6.61 Å². The fourth-order valence-corrected chi connectivity index (χ4v) is 1.86. The van der Waals surface area contributed by atoms with Gasteiger partial charge in [0.25, 0.3) is 0 Å². The molecule has 0 radical (unpaired) electrons. The van der Waals surface area contributed by atoms with Gasteiger partial charge in [0.2, 0.25) is 0 Å². The molecule has 0 bridgehead atoms. The van der Waals surface area contributed by atoms with E-state index in [4.69, 9.17) is 4.74 Å². The molecule has 0 fully saturated rings. The van der Waals surface area contributed by atoms with Crippen molar-refractivity contribution in [1.29, 1.82) is 0 Å². The molecule has 0 saturated heterocycles. The second-order valence-electron chi connectivity index (χ2n) is 6.74. The molecule has 0 aromatic heterocycles. The van der Waals surface area contributed by atoms with Gasteiger partial charge >= 0.3 is 0 Å². The molecule has 0 amide bonds. The van der Waals surface area contributed by atoms with E-state index in [2.05, 4.69) is 39.9 Å². The van der Waals surface area contributed by atoms with Gasteiger partial charge in [-0.2, -0.15) is 0 Å². The molecule has 0 aliphatic carbocycles. The summed E-state index contributed by atoms with van der Waals surface area (Å²) < 4.78 is 19.2. The lowest BCUT2D eigenvalue weighted by atomic mass is 10.1. The molecule has 1 N–H and O–H groups in total. The first-order chi connectivity index (χ1) is 9.28. The highest BCUT2D eigenvalue weighted by atomic mass is 19.1. The van der Waals surface area contributed by atoms with Crippen LogP contribution in [0.25, 0.3) is 0 Å². The highest BCUT2D eigenvalue weighted by Crippen LogP contribution is 2.21. The van der Waals surface area contributed by atoms with E-state index < -0.39 is 0 Å². The minimum Gasteiger partial charge on any atom is -0.493 e. The summed E-state index contributed by atoms with van der Waals surface area (Å²) in [6.07, 6.45) is 2.18. The first-order valence-electron chi connectivity index (χ1n) is 7.44. The number of halogens is 1. The molecule has 3 heteroatoms. The Morgan fingerprint density at radius 3 is 2.55 bits per heavy atom. The fourth-order valence-electron chi connectivity index (χ4n) is 1.86. The van der Waals surface area contributed by atoms with Crippen molar-refractivity contribution >= 4 is 0 Å². The lowest BCUT2D eigenvalue weighted by Crippen LogP contribution is -2.35. The molecule has 1 rings (SSSR count). The van der Waals surface area contributed by atoms with Crippen LogP contribution in [0.3, 0.4) is 0 Å². The summed E-state index contributed by atoms with van der Waals surface area (Å²) in [5.74, 6) is 1.26. The van der Waals surface area contributed by atoms with E-state index in [1.54, 1.807) is 12.1 Å². The van der Waals surface area contributed by atoms with Crippen molar-refractivity contribution in [3.63, 3.8) is 0 Å². The highest BCUT2D eigenvalue weighted by Gasteiger charge is 2.12. The van der Waals surface area contributed by atoms with E-state index in [0.29, 0.717) is 19.1 Å². The predicted molar refractivity (Wildman–Crippen MR) is 82.6 cm³/mol. The monoisotopic (exact) mass is 281 g/mol. The van der Waals surface area contributed by atoms with Gasteiger partial charge in [-0.3, -0.25) is 0 Å². The zero-order valence-electron chi connectivity index (χ0n) is 13.4. The van der Waals surface area contributed by atoms with Crippen molar-refractivity contribution in [3.05, 3.63) is 29.6 Å². The Morgan fingerprint density at radius 1 is 1.25 bits per heavy atom. The van der Waals surface area contributed by atoms with Crippen LogP contribution >= 0.6 is 0 Å². The van der Waals surface area contributed by atoms with Crippen LogP contribution in [0.15, 0.2) is 18.2 Å². The van der Waals surface area contributed by atoms with Crippen LogP contribution in [0.5, 0.6) is 5.75 Å². The normalized spacial score (nSPS) is 11.9. The number of ether oxygens (including phenoxy) is 1. The summed E-state index contributed by atoms with van der Waals surface area (Å²) >= 11 is 0. The summed E-state index contributed by atoms with van der Waals surface area (Å²) in [5.41, 5.74) is 0.880. The lowest BCUT2D eigenvalue weighted by Gasteiger charge is -2.21. The van der Waals surface area contributed by atoms with Crippen molar-refractivity contribution in [1.82, 2.24) is 5.32 Å². The maximum atomic E-state index is 13.4. The second kappa shape index (κ2) is 7.63. The number of nitrogens with one attached hydrogen (secondary N) is 1. The number of hydrogen-bond acceptors (Lipinski definition) is 2. The zero-order valence-corrected chi connectivity index (χ0v) is 13.4. The van der Waals surface area contributed by atoms with Crippen molar-refractivity contribution in [2.24, 2.45) is 5.92 Å². The van der Waals surface area contributed by atoms with E-state index in [1.807, 2.05) is 0 Å². The van der Waals surface area contributed by atoms with E-state index in [0.717, 1.165) is 24.2 Å². The second-order valence-corrected chi connectivity index (χ2v) is 6.74. The van der Waals surface area contributed by atoms with E-state index in [1.165, 1.54) is 6.07 Å². The standard InChI is InChI=1S/C17H28FNO/c1-13(2)7-6-10-20-16-9-8-15(18)11-14(16)12-19-17(3,4)5/h8-9,11,13,19H,6-7,10,12H2,1-5H3. The van der Waals surface area contributed by atoms with Gasteiger partial charge in [0.1, 0.15) is 11.6 Å². The third kappa shape index (κ3) is 6.90. The molecular weight excluding hydrogens is 253 g/mol. The molecule has 0 unspecified atom stereocenters. The minimum atomic E-state index is -0.217. The topological polar surface area (TPSA) is 21.3 Å². The van der Waals surface area contributed by atoms with Crippen molar-refractivity contribution < 1.29 is 9.13 Å². The molecule has 114 valence electrons. The molecule has 0 aliphatic rings. The number of rotatable bonds is 7. The predicted octanol–water partition coefficient (Wildman–Crippen LogP) is 4.53. The maximum absolute atomic E-state index is 13.4. The number of benzene rings is 1. The van der Waals surface area contributed by atoms with Gasteiger partial charge < -0.3 is 10.1 Å². The molecule has 0 heterocycles. The summed E-state index contributed by atoms with van der Waals surface area (Å²) in [4.78, 5) is 0. The van der Waals surface area contributed by atoms with Gasteiger partial charge in [-0.05, 0) is 57.7 Å². The molecular formula is C17H28FNO. The Bertz CT molecular complexity index is 410. The largest absolute Gasteiger partial charge is 0.493 e. The summed E-state index contributed by atoms with van der Waals surface area (Å²) in [6, 6.07) is 4.74. The van der Waals surface area contributed by atoms with Crippen LogP contribution in [0.2, 0.25) is 0 Å². The maximum Gasteiger partial charge on any atom is 0.123 e. The third-order valence-corrected chi connectivity index (χ3v) is 3.02. The first-order valence-corrected chi connectivity index (χ1v) is 7.44. The fraction of sp³-hybridized carbons (Fsp3) is 0.647. The molecule has 1 aromatic rings. The Balaban J connectivity index is 2.60. The highest BCUT2D eigenvalue weighted by molar-refractivity contribution is 5.34. The molecule has 1 aromatic carbocycles. The first kappa shape index (κ1) is 17.0. The quantitative estimate of drug-likeness (QED) is 0.741. The van der Waals surface area contributed by atoms with Gasteiger partial charge in [-0.1, -0.05) is 13.8 Å². The minimum absolute atomic E-state index is 0.00122. The van der Waals surface area contributed by atoms with Crippen LogP contribution in [0.4, 0.5) is 4.39 Å². The van der Waals surface area contributed by atoms with E-state index in [-0.39, 0.29) is 11.4 Å². The van der Waals surface area contributed by atoms with Crippen LogP contribution < -0.4 is 10.1 Å². The third-order valence-electron chi connectivity index (χ3n) is 3.02. The molecule has 0 aliphatic heterocycles. The average Bonchev–Trinajstić information content (AvgIpc) is 2.32. The van der Waals surface area contributed by atoms with Gasteiger partial charge in [0, 0.05) is 17.6 Å². The van der Waals surface area contributed by atoms with Gasteiger partial charge in [0.15, 0.2) is 0 Å². The summed E-state index contributed by atoms with van der Waals surface area (Å²) in [6.45, 7) is 12.0. The molecule has 0 saturated carbocycles. The van der Waals surface area contributed by atoms with Crippen LogP contribution in [0, 0.1) is 11.7 Å². The van der Waals surface area contributed by atoms with Crippen molar-refractivity contribution in [3.8, 4) is 5.75 Å². The Hall–Kier alpha value is -1.09. The van der Waals surface area contributed by atoms with E-state index in [9.17, 15) is 4.39 Å². The Morgan fingerprint density at radius 2 is 1.95 bits per heavy atom. The lowest BCUT2D eigenvalue weighted by molar-refractivity contribution is 0.292. The summed E-state index contributed by atoms with van der Waals surface area (Å²) in [5, 5.41) is 3.37. The average molecular weight is 281 g/mol. The summed E-state index contributed by atoms with van der Waals surface area (Å²) in [7, 11) is 0. The SMILES string of the molecule is CC(C)CCCOc1ccc(F)cc1CNC(C)(C)C. The molecule has 0 spiro atoms. The van der Waals surface area contributed by atoms with Gasteiger partial charge in [-0.15, -0.1) is 0 Å². The van der Waals surface area contributed by atoms with E-state index >= 15 is 0 Å². The Labute approximate surface area is 122 Å². The molecule has 0 atom stereocenters. The van der Waals surface area contributed by atoms with Crippen LogP contribution in [-0.2, 0) is 6.54 Å². The molecule has 2 nitrogen and oxygen atoms in total. The van der Waals surface area contributed by atoms with Crippen LogP contribution in [-0.4, -0.2) is 12.1 Å². The smallest absolute Gasteiger partial charge is 0.123 e. The van der Waals surface area contributed by atoms with Crippen molar-refractivity contribution in [2.45, 2.75) is 59.5 Å². The molecule has 20 heavy (non-hydrogen) atoms. The van der Waals surface area contributed by atoms with Gasteiger partial charge in [-0.25, -0.2) is 4.39 Å². The zero-order chi connectivity index (χ0) is 15.2. The Kier molecular flexibility index (Phi) is 6.47. The van der Waals surface area contributed by atoms with Gasteiger partial charge in [0.05, 0.1) is 6.61 Å².